The molecular weight excluding hydrogens is 460 g/mol. The maximum absolute atomic E-state index is 12.0. The molecule has 0 heterocycles. The van der Waals surface area contributed by atoms with Crippen molar-refractivity contribution in [2.45, 2.75) is 174 Å². The molecule has 0 aromatic heterocycles. The van der Waals surface area contributed by atoms with E-state index in [1.165, 1.54) is 122 Å². The van der Waals surface area contributed by atoms with Crippen LogP contribution in [0.25, 0.3) is 0 Å². The third kappa shape index (κ3) is 29.3. The van der Waals surface area contributed by atoms with Crippen LogP contribution in [0.5, 0.6) is 0 Å². The predicted molar refractivity (Wildman–Crippen MR) is 159 cm³/mol. The lowest BCUT2D eigenvalue weighted by atomic mass is 10.1. The van der Waals surface area contributed by atoms with E-state index in [9.17, 15) is 9.90 Å². The third-order valence-electron chi connectivity index (χ3n) is 7.24. The molecule has 0 aromatic carbocycles. The second-order valence-electron chi connectivity index (χ2n) is 11.1. The van der Waals surface area contributed by atoms with Gasteiger partial charge in [0, 0.05) is 26.4 Å². The number of hydroxylamine groups is 2. The highest BCUT2D eigenvalue weighted by Crippen LogP contribution is 2.13. The van der Waals surface area contributed by atoms with Gasteiger partial charge in [-0.15, -0.1) is 5.06 Å². The van der Waals surface area contributed by atoms with Crippen molar-refractivity contribution in [2.75, 3.05) is 20.1 Å². The average Bonchev–Trinajstić information content (AvgIpc) is 2.88. The standard InChI is InChI=1S/C32H64N2O3/c1-4-6-8-10-12-14-16-18-20-22-24-27-31(35)33-29-26-30-34(3)37-32(36)28-25-23-21-19-17-15-13-11-9-7-5-2/h4-30H2,1-3H3,(H,33,35)/p+1. The van der Waals surface area contributed by atoms with Crippen molar-refractivity contribution in [1.29, 1.82) is 0 Å². The highest BCUT2D eigenvalue weighted by molar-refractivity contribution is 5.68. The molecule has 0 radical (unpaired) electrons. The van der Waals surface area contributed by atoms with Gasteiger partial charge in [-0.1, -0.05) is 142 Å². The molecule has 0 rings (SSSR count). The summed E-state index contributed by atoms with van der Waals surface area (Å²) in [4.78, 5) is 20.5. The minimum atomic E-state index is -0.128. The zero-order valence-corrected chi connectivity index (χ0v) is 25.3. The number of unbranched alkanes of at least 4 members (excludes halogenated alkanes) is 20. The van der Waals surface area contributed by atoms with Crippen LogP contribution in [0.15, 0.2) is 0 Å². The molecular formula is C32H65N2O3+. The van der Waals surface area contributed by atoms with E-state index in [-0.39, 0.29) is 5.97 Å². The van der Waals surface area contributed by atoms with Crippen LogP contribution < -0.4 is 4.99 Å². The number of aliphatic hydroxyl groups excluding tert-OH is 1. The van der Waals surface area contributed by atoms with E-state index in [0.717, 1.165) is 32.1 Å². The van der Waals surface area contributed by atoms with Gasteiger partial charge < -0.3 is 9.94 Å². The third-order valence-corrected chi connectivity index (χ3v) is 7.24. The molecule has 0 spiro atoms. The summed E-state index contributed by atoms with van der Waals surface area (Å²) >= 11 is 0. The van der Waals surface area contributed by atoms with Gasteiger partial charge in [-0.2, -0.15) is 0 Å². The van der Waals surface area contributed by atoms with Gasteiger partial charge in [0.25, 0.3) is 0 Å². The topological polar surface area (TPSA) is 63.7 Å². The van der Waals surface area contributed by atoms with Gasteiger partial charge >= 0.3 is 11.9 Å². The summed E-state index contributed by atoms with van der Waals surface area (Å²) in [6.07, 6.45) is 30.7. The molecule has 0 saturated heterocycles. The molecule has 220 valence electrons. The number of hydrogen-bond acceptors (Lipinski definition) is 3. The number of carbonyl (C=O) groups is 1. The molecule has 0 aromatic rings. The fourth-order valence-electron chi connectivity index (χ4n) is 4.78. The van der Waals surface area contributed by atoms with Crippen LogP contribution >= 0.6 is 0 Å². The Balaban J connectivity index is 3.48. The van der Waals surface area contributed by atoms with E-state index in [4.69, 9.17) is 4.84 Å². The van der Waals surface area contributed by atoms with Gasteiger partial charge in [-0.3, -0.25) is 4.79 Å². The first kappa shape index (κ1) is 35.9. The summed E-state index contributed by atoms with van der Waals surface area (Å²) in [6, 6.07) is 0. The van der Waals surface area contributed by atoms with Crippen molar-refractivity contribution >= 4 is 11.9 Å². The van der Waals surface area contributed by atoms with Crippen molar-refractivity contribution in [1.82, 2.24) is 5.06 Å². The largest absolute Gasteiger partial charge is 0.464 e. The molecule has 0 amide bonds. The molecule has 5 heteroatoms. The SMILES string of the molecule is CCCCCCCCCCCCCC(=O)ON(C)CCC[NH+]=C(O)CCCCCCCCCCCCC. The number of nitrogens with one attached hydrogen (secondary N) is 1. The second kappa shape index (κ2) is 29.5. The molecule has 0 atom stereocenters. The summed E-state index contributed by atoms with van der Waals surface area (Å²) in [6.45, 7) is 5.90. The monoisotopic (exact) mass is 525 g/mol. The minimum absolute atomic E-state index is 0.128. The first-order chi connectivity index (χ1) is 18.1. The fraction of sp³-hybridized carbons (Fsp3) is 0.938. The Hall–Kier alpha value is -1.10. The van der Waals surface area contributed by atoms with Gasteiger partial charge in [-0.05, 0) is 12.8 Å². The average molecular weight is 526 g/mol. The molecule has 37 heavy (non-hydrogen) atoms. The van der Waals surface area contributed by atoms with Crippen molar-refractivity contribution in [2.24, 2.45) is 0 Å². The van der Waals surface area contributed by atoms with E-state index in [1.54, 1.807) is 5.06 Å². The van der Waals surface area contributed by atoms with Gasteiger partial charge in [0.05, 0.1) is 6.42 Å². The highest BCUT2D eigenvalue weighted by atomic mass is 16.7. The molecule has 0 saturated carbocycles. The van der Waals surface area contributed by atoms with Crippen LogP contribution in [0.4, 0.5) is 0 Å². The number of carbonyl (C=O) groups excluding carboxylic acids is 1. The first-order valence-electron chi connectivity index (χ1n) is 16.3. The maximum atomic E-state index is 12.0. The molecule has 5 nitrogen and oxygen atoms in total. The Bertz CT molecular complexity index is 510. The van der Waals surface area contributed by atoms with Gasteiger partial charge in [0.2, 0.25) is 0 Å². The molecule has 0 aliphatic carbocycles. The van der Waals surface area contributed by atoms with Crippen molar-refractivity contribution in [3.8, 4) is 0 Å². The number of nitrogens with zero attached hydrogens (tertiary/aromatic N) is 1. The van der Waals surface area contributed by atoms with E-state index >= 15 is 0 Å². The van der Waals surface area contributed by atoms with E-state index in [2.05, 4.69) is 18.8 Å². The molecule has 0 bridgehead atoms. The zero-order chi connectivity index (χ0) is 27.2. The lowest BCUT2D eigenvalue weighted by Crippen LogP contribution is -2.73. The maximum Gasteiger partial charge on any atom is 0.332 e. The second-order valence-corrected chi connectivity index (χ2v) is 11.1. The van der Waals surface area contributed by atoms with Crippen LogP contribution in [-0.2, 0) is 9.63 Å². The number of hydrogen-bond donors (Lipinski definition) is 2. The lowest BCUT2D eigenvalue weighted by molar-refractivity contribution is -0.469. The fourth-order valence-corrected chi connectivity index (χ4v) is 4.78. The van der Waals surface area contributed by atoms with E-state index in [0.29, 0.717) is 25.4 Å². The molecule has 0 unspecified atom stereocenters. The molecule has 0 fully saturated rings. The normalized spacial score (nSPS) is 11.9. The van der Waals surface area contributed by atoms with Crippen LogP contribution in [0, 0.1) is 0 Å². The Morgan fingerprint density at radius 2 is 0.973 bits per heavy atom. The van der Waals surface area contributed by atoms with Gasteiger partial charge in [-0.25, -0.2) is 4.99 Å². The number of aliphatic hydroxyl groups is 1. The molecule has 0 aliphatic heterocycles. The lowest BCUT2D eigenvalue weighted by Gasteiger charge is -2.14. The molecule has 0 aliphatic rings. The summed E-state index contributed by atoms with van der Waals surface area (Å²) in [5, 5.41) is 11.7. The Kier molecular flexibility index (Phi) is 28.6. The minimum Gasteiger partial charge on any atom is -0.464 e. The summed E-state index contributed by atoms with van der Waals surface area (Å²) in [5.41, 5.74) is 0. The van der Waals surface area contributed by atoms with Crippen LogP contribution in [0.2, 0.25) is 0 Å². The summed E-state index contributed by atoms with van der Waals surface area (Å²) in [5.74, 6) is 0.268. The van der Waals surface area contributed by atoms with E-state index < -0.39 is 0 Å². The Morgan fingerprint density at radius 1 is 0.595 bits per heavy atom. The Labute approximate surface area is 231 Å². The quantitative estimate of drug-likeness (QED) is 0.0447. The Morgan fingerprint density at radius 3 is 1.41 bits per heavy atom. The van der Waals surface area contributed by atoms with Gasteiger partial charge in [0.15, 0.2) is 0 Å². The molecule has 2 N–H and O–H groups in total. The smallest absolute Gasteiger partial charge is 0.332 e. The van der Waals surface area contributed by atoms with E-state index in [1.807, 2.05) is 7.05 Å². The number of rotatable bonds is 29. The van der Waals surface area contributed by atoms with Crippen molar-refractivity contribution < 1.29 is 19.7 Å². The summed E-state index contributed by atoms with van der Waals surface area (Å²) in [7, 11) is 1.81. The van der Waals surface area contributed by atoms with Crippen molar-refractivity contribution in [3.05, 3.63) is 0 Å². The first-order valence-corrected chi connectivity index (χ1v) is 16.3. The van der Waals surface area contributed by atoms with Crippen LogP contribution in [0.3, 0.4) is 0 Å². The summed E-state index contributed by atoms with van der Waals surface area (Å²) < 4.78 is 0. The highest BCUT2D eigenvalue weighted by Gasteiger charge is 2.08. The van der Waals surface area contributed by atoms with Crippen LogP contribution in [0.1, 0.15) is 174 Å². The predicted octanol–water partition coefficient (Wildman–Crippen LogP) is 8.21. The zero-order valence-electron chi connectivity index (χ0n) is 25.3. The van der Waals surface area contributed by atoms with Crippen LogP contribution in [-0.4, -0.2) is 42.2 Å². The van der Waals surface area contributed by atoms with Crippen molar-refractivity contribution in [3.63, 3.8) is 0 Å². The van der Waals surface area contributed by atoms with Gasteiger partial charge in [0.1, 0.15) is 6.54 Å².